The van der Waals surface area contributed by atoms with E-state index in [9.17, 15) is 33.6 Å². The van der Waals surface area contributed by atoms with Crippen LogP contribution >= 0.6 is 0 Å². The molecule has 2 fully saturated rings. The van der Waals surface area contributed by atoms with E-state index < -0.39 is 72.3 Å². The summed E-state index contributed by atoms with van der Waals surface area (Å²) in [5.74, 6) is -3.70. The van der Waals surface area contributed by atoms with Crippen molar-refractivity contribution in [2.24, 2.45) is 5.92 Å². The van der Waals surface area contributed by atoms with Crippen molar-refractivity contribution in [2.45, 2.75) is 95.0 Å². The minimum atomic E-state index is -1.26. The van der Waals surface area contributed by atoms with E-state index in [0.29, 0.717) is 50.2 Å². The maximum atomic E-state index is 14.5. The van der Waals surface area contributed by atoms with Gasteiger partial charge in [-0.05, 0) is 42.9 Å². The number of carbonyl (C=O) groups excluding carboxylic acids is 7. The Bertz CT molecular complexity index is 1750. The third kappa shape index (κ3) is 11.8. The molecule has 5 atom stereocenters. The zero-order valence-corrected chi connectivity index (χ0v) is 32.8. The van der Waals surface area contributed by atoms with E-state index in [1.807, 2.05) is 0 Å². The molecule has 5 rings (SSSR count). The number of fused-ring (bicyclic) bond motifs is 4. The molecule has 2 aliphatic heterocycles. The second kappa shape index (κ2) is 20.6. The van der Waals surface area contributed by atoms with Crippen LogP contribution in [0.3, 0.4) is 0 Å². The van der Waals surface area contributed by atoms with Gasteiger partial charge >= 0.3 is 6.09 Å². The first-order valence-corrected chi connectivity index (χ1v) is 19.8. The Morgan fingerprint density at radius 1 is 0.912 bits per heavy atom. The predicted molar refractivity (Wildman–Crippen MR) is 207 cm³/mol. The molecule has 1 unspecified atom stereocenters. The lowest BCUT2D eigenvalue weighted by atomic mass is 9.83. The number of hydrogen-bond acceptors (Lipinski definition) is 10. The van der Waals surface area contributed by atoms with Crippen LogP contribution in [0.15, 0.2) is 54.6 Å². The summed E-state index contributed by atoms with van der Waals surface area (Å²) >= 11 is 0. The Balaban J connectivity index is 1.28. The molecule has 308 valence electrons. The number of likely N-dealkylation sites (N-methyl/N-ethyl adjacent to an activating group) is 1. The number of Topliss-reactive ketones (excluding diaryl/α,β-unsaturated/α-hetero) is 1. The third-order valence-electron chi connectivity index (χ3n) is 10.4. The van der Waals surface area contributed by atoms with Crippen molar-refractivity contribution in [1.82, 2.24) is 31.1 Å². The summed E-state index contributed by atoms with van der Waals surface area (Å²) in [6.45, 7) is 1.86. The molecular formula is C41H54N6O10. The molecule has 1 saturated heterocycles. The van der Waals surface area contributed by atoms with Gasteiger partial charge in [-0.25, -0.2) is 4.79 Å². The Hall–Kier alpha value is -5.51. The third-order valence-corrected chi connectivity index (χ3v) is 10.4. The number of ketones is 1. The van der Waals surface area contributed by atoms with Crippen molar-refractivity contribution in [2.75, 3.05) is 40.4 Å². The first-order valence-electron chi connectivity index (χ1n) is 19.8. The lowest BCUT2D eigenvalue weighted by Gasteiger charge is -2.34. The molecule has 4 N–H and O–H groups in total. The Morgan fingerprint density at radius 2 is 1.65 bits per heavy atom. The fourth-order valence-electron chi connectivity index (χ4n) is 7.46. The first-order chi connectivity index (χ1) is 27.4. The second-order valence-electron chi connectivity index (χ2n) is 14.9. The number of nitrogens with one attached hydrogen (secondary N) is 4. The van der Waals surface area contributed by atoms with Crippen LogP contribution in [0.25, 0.3) is 0 Å². The normalized spacial score (nSPS) is 21.5. The highest BCUT2D eigenvalue weighted by atomic mass is 16.6. The van der Waals surface area contributed by atoms with Gasteiger partial charge in [0.15, 0.2) is 0 Å². The fourth-order valence-corrected chi connectivity index (χ4v) is 7.46. The van der Waals surface area contributed by atoms with Gasteiger partial charge in [-0.3, -0.25) is 28.8 Å². The fraction of sp³-hybridized carbons (Fsp3) is 0.537. The van der Waals surface area contributed by atoms with Crippen LogP contribution in [-0.4, -0.2) is 116 Å². The maximum Gasteiger partial charge on any atom is 0.413 e. The topological polar surface area (TPSA) is 202 Å². The zero-order chi connectivity index (χ0) is 40.9. The van der Waals surface area contributed by atoms with Crippen LogP contribution in [0.1, 0.15) is 76.3 Å². The summed E-state index contributed by atoms with van der Waals surface area (Å²) in [7, 11) is 3.11. The van der Waals surface area contributed by atoms with Gasteiger partial charge in [0.1, 0.15) is 29.6 Å². The molecule has 16 heteroatoms. The van der Waals surface area contributed by atoms with Crippen molar-refractivity contribution in [1.29, 1.82) is 0 Å². The van der Waals surface area contributed by atoms with Crippen molar-refractivity contribution < 1.29 is 47.8 Å². The van der Waals surface area contributed by atoms with Crippen LogP contribution in [0.4, 0.5) is 4.79 Å². The number of nitrogens with zero attached hydrogens (tertiary/aromatic N) is 2. The van der Waals surface area contributed by atoms with Crippen LogP contribution in [0, 0.1) is 5.92 Å². The first kappa shape index (κ1) is 42.6. The van der Waals surface area contributed by atoms with E-state index in [1.165, 1.54) is 9.80 Å². The SMILES string of the molecule is CCCC(NC(=O)[C@@H]1C[C@@H]2CN1C(=O)[C@H](C1CCCCC1)NC(=O)Oc1cccc(c1)OCCCO2)C(=O)C(=O)NCC(=O)N[C@H](C(=O)N(C)C)c1ccccc1. The number of amides is 6. The van der Waals surface area contributed by atoms with Crippen LogP contribution in [0.2, 0.25) is 0 Å². The molecule has 1 aliphatic carbocycles. The van der Waals surface area contributed by atoms with Gasteiger partial charge in [-0.1, -0.05) is 69.0 Å². The van der Waals surface area contributed by atoms with Gasteiger partial charge in [0, 0.05) is 39.5 Å². The highest BCUT2D eigenvalue weighted by Gasteiger charge is 2.45. The molecular weight excluding hydrogens is 736 g/mol. The molecule has 4 bridgehead atoms. The summed E-state index contributed by atoms with van der Waals surface area (Å²) in [5, 5.41) is 10.4. The molecule has 57 heavy (non-hydrogen) atoms. The molecule has 2 aromatic carbocycles. The minimum Gasteiger partial charge on any atom is -0.493 e. The Labute approximate surface area is 332 Å². The van der Waals surface area contributed by atoms with Gasteiger partial charge < -0.3 is 45.3 Å². The molecule has 6 amide bonds. The number of hydrogen-bond donors (Lipinski definition) is 4. The van der Waals surface area contributed by atoms with Crippen LogP contribution in [-0.2, 0) is 33.5 Å². The quantitative estimate of drug-likeness (QED) is 0.232. The van der Waals surface area contributed by atoms with Crippen molar-refractivity contribution in [3.05, 3.63) is 60.2 Å². The van der Waals surface area contributed by atoms with E-state index in [1.54, 1.807) is 75.6 Å². The van der Waals surface area contributed by atoms with Gasteiger partial charge in [0.25, 0.3) is 5.91 Å². The molecule has 0 spiro atoms. The highest BCUT2D eigenvalue weighted by Crippen LogP contribution is 2.31. The van der Waals surface area contributed by atoms with Gasteiger partial charge in [-0.2, -0.15) is 0 Å². The zero-order valence-electron chi connectivity index (χ0n) is 32.8. The lowest BCUT2D eigenvalue weighted by molar-refractivity contribution is -0.143. The predicted octanol–water partition coefficient (Wildman–Crippen LogP) is 2.41. The largest absolute Gasteiger partial charge is 0.493 e. The summed E-state index contributed by atoms with van der Waals surface area (Å²) in [6, 6.07) is 10.9. The van der Waals surface area contributed by atoms with Crippen molar-refractivity contribution in [3.63, 3.8) is 0 Å². The number of rotatable bonds is 12. The standard InChI is InChI=1S/C41H54N6O10/c1-4-13-31(36(49)38(51)42-24-33(48)44-34(39(52)46(2)3)26-14-7-5-8-15-26)43-37(50)32-23-30-25-47(32)40(53)35(27-16-9-6-10-17-27)45-41(54)57-29-19-11-18-28(22-29)55-20-12-21-56-30/h5,7-8,11,14-15,18-19,22,27,30-32,34-35H,4,6,9-10,12-13,16-17,20-21,23-25H2,1-3H3,(H,42,51)(H,43,50)(H,44,48)(H,45,54)/t30-,31?,32+,34+,35+/m1/s1. The van der Waals surface area contributed by atoms with E-state index in [2.05, 4.69) is 21.3 Å². The summed E-state index contributed by atoms with van der Waals surface area (Å²) in [6.07, 6.45) is 3.99. The van der Waals surface area contributed by atoms with Gasteiger partial charge in [0.2, 0.25) is 29.4 Å². The Morgan fingerprint density at radius 3 is 2.37 bits per heavy atom. The minimum absolute atomic E-state index is 0.0685. The maximum absolute atomic E-state index is 14.5. The van der Waals surface area contributed by atoms with Gasteiger partial charge in [-0.15, -0.1) is 0 Å². The van der Waals surface area contributed by atoms with Crippen molar-refractivity contribution in [3.8, 4) is 11.5 Å². The summed E-state index contributed by atoms with van der Waals surface area (Å²) in [5.41, 5.74) is 0.541. The van der Waals surface area contributed by atoms with Gasteiger partial charge in [0.05, 0.1) is 31.9 Å². The second-order valence-corrected chi connectivity index (χ2v) is 14.9. The smallest absolute Gasteiger partial charge is 0.413 e. The molecule has 2 aromatic rings. The molecule has 0 aromatic heterocycles. The Kier molecular flexibility index (Phi) is 15.4. The van der Waals surface area contributed by atoms with E-state index in [-0.39, 0.29) is 37.0 Å². The number of carbonyl (C=O) groups is 7. The average Bonchev–Trinajstić information content (AvgIpc) is 3.65. The lowest BCUT2D eigenvalue weighted by Crippen LogP contribution is -2.58. The van der Waals surface area contributed by atoms with E-state index >= 15 is 0 Å². The molecule has 0 radical (unpaired) electrons. The van der Waals surface area contributed by atoms with E-state index in [0.717, 1.165) is 19.3 Å². The summed E-state index contributed by atoms with van der Waals surface area (Å²) in [4.78, 5) is 97.0. The molecule has 16 nitrogen and oxygen atoms in total. The molecule has 3 aliphatic rings. The van der Waals surface area contributed by atoms with Crippen LogP contribution < -0.4 is 30.7 Å². The summed E-state index contributed by atoms with van der Waals surface area (Å²) < 4.78 is 17.5. The van der Waals surface area contributed by atoms with Crippen LogP contribution in [0.5, 0.6) is 11.5 Å². The molecule has 1 saturated carbocycles. The number of ether oxygens (including phenoxy) is 3. The van der Waals surface area contributed by atoms with Crippen molar-refractivity contribution >= 4 is 41.4 Å². The van der Waals surface area contributed by atoms with E-state index in [4.69, 9.17) is 14.2 Å². The average molecular weight is 791 g/mol. The highest BCUT2D eigenvalue weighted by molar-refractivity contribution is 6.38. The monoisotopic (exact) mass is 790 g/mol. The molecule has 2 heterocycles. The number of benzene rings is 2.